The average Bonchev–Trinajstić information content (AvgIpc) is 2.78. The van der Waals surface area contributed by atoms with Crippen molar-refractivity contribution >= 4 is 35.3 Å². The number of nitrogens with zero attached hydrogens (tertiary/aromatic N) is 1. The summed E-state index contributed by atoms with van der Waals surface area (Å²) in [5, 5.41) is 2.83. The Morgan fingerprint density at radius 3 is 2.86 bits per heavy atom. The van der Waals surface area contributed by atoms with Crippen LogP contribution in [0.25, 0.3) is 0 Å². The van der Waals surface area contributed by atoms with Crippen molar-refractivity contribution in [3.8, 4) is 0 Å². The van der Waals surface area contributed by atoms with Crippen LogP contribution in [-0.4, -0.2) is 46.3 Å². The highest BCUT2D eigenvalue weighted by molar-refractivity contribution is 8.00. The smallest absolute Gasteiger partial charge is 0.319 e. The Morgan fingerprint density at radius 1 is 1.57 bits per heavy atom. The number of likely N-dealkylation sites (tertiary alicyclic amines) is 1. The maximum atomic E-state index is 11.5. The zero-order valence-electron chi connectivity index (χ0n) is 7.53. The number of hydrogen-bond acceptors (Lipinski definition) is 3. The summed E-state index contributed by atoms with van der Waals surface area (Å²) in [6, 6.07) is 0.0246. The zero-order valence-corrected chi connectivity index (χ0v) is 9.11. The lowest BCUT2D eigenvalue weighted by molar-refractivity contribution is -0.117. The van der Waals surface area contributed by atoms with E-state index in [0.29, 0.717) is 11.3 Å². The number of fused-ring (bicyclic) bond motifs is 2. The van der Waals surface area contributed by atoms with Crippen LogP contribution in [0.5, 0.6) is 0 Å². The molecule has 14 heavy (non-hydrogen) atoms. The van der Waals surface area contributed by atoms with Crippen molar-refractivity contribution in [2.45, 2.75) is 17.7 Å². The molecule has 0 aliphatic carbocycles. The summed E-state index contributed by atoms with van der Waals surface area (Å²) in [5.41, 5.74) is 0. The first-order chi connectivity index (χ1) is 6.70. The molecule has 6 heteroatoms. The van der Waals surface area contributed by atoms with E-state index >= 15 is 0 Å². The van der Waals surface area contributed by atoms with Crippen LogP contribution in [0, 0.1) is 0 Å². The van der Waals surface area contributed by atoms with Gasteiger partial charge in [-0.05, 0) is 6.42 Å². The fraction of sp³-hybridized carbons (Fsp3) is 0.750. The summed E-state index contributed by atoms with van der Waals surface area (Å²) in [4.78, 5) is 24.2. The topological polar surface area (TPSA) is 49.4 Å². The number of hydrogen-bond donors (Lipinski definition) is 1. The van der Waals surface area contributed by atoms with E-state index < -0.39 is 5.91 Å². The molecule has 2 heterocycles. The van der Waals surface area contributed by atoms with Gasteiger partial charge in [-0.3, -0.25) is 10.1 Å². The van der Waals surface area contributed by atoms with Crippen LogP contribution in [0.3, 0.4) is 0 Å². The van der Waals surface area contributed by atoms with Gasteiger partial charge in [-0.15, -0.1) is 11.6 Å². The molecule has 2 fully saturated rings. The van der Waals surface area contributed by atoms with Crippen LogP contribution in [0.4, 0.5) is 4.79 Å². The summed E-state index contributed by atoms with van der Waals surface area (Å²) in [6.45, 7) is 0.761. The molecule has 2 saturated heterocycles. The third kappa shape index (κ3) is 1.83. The molecular weight excluding hydrogens is 224 g/mol. The Kier molecular flexibility index (Phi) is 2.88. The molecule has 0 spiro atoms. The normalized spacial score (nSPS) is 29.4. The van der Waals surface area contributed by atoms with E-state index in [0.717, 1.165) is 18.7 Å². The molecule has 0 aromatic rings. The Balaban J connectivity index is 1.90. The Hall–Kier alpha value is -0.420. The Labute approximate surface area is 91.3 Å². The lowest BCUT2D eigenvalue weighted by atomic mass is 10.2. The molecule has 0 aromatic carbocycles. The van der Waals surface area contributed by atoms with Gasteiger partial charge in [0.25, 0.3) is 0 Å². The van der Waals surface area contributed by atoms with E-state index in [2.05, 4.69) is 5.32 Å². The molecule has 0 aromatic heterocycles. The van der Waals surface area contributed by atoms with Gasteiger partial charge in [-0.2, -0.15) is 11.8 Å². The number of thioether (sulfide) groups is 1. The van der Waals surface area contributed by atoms with E-state index in [1.807, 2.05) is 11.8 Å². The highest BCUT2D eigenvalue weighted by Crippen LogP contribution is 2.37. The predicted molar refractivity (Wildman–Crippen MR) is 55.6 cm³/mol. The third-order valence-electron chi connectivity index (χ3n) is 2.53. The number of urea groups is 1. The largest absolute Gasteiger partial charge is 0.324 e. The van der Waals surface area contributed by atoms with Gasteiger partial charge in [0, 0.05) is 23.6 Å². The standard InChI is InChI=1S/C8H11ClN2O2S/c9-2-7(12)10-8(13)11-3-6-1-5(11)4-14-6/h5-6H,1-4H2,(H,10,12,13). The fourth-order valence-corrected chi connectivity index (χ4v) is 3.37. The number of amides is 3. The van der Waals surface area contributed by atoms with Gasteiger partial charge < -0.3 is 4.90 Å². The van der Waals surface area contributed by atoms with Crippen LogP contribution in [-0.2, 0) is 4.79 Å². The number of nitrogens with one attached hydrogen (secondary N) is 1. The minimum atomic E-state index is -0.424. The van der Waals surface area contributed by atoms with E-state index in [1.54, 1.807) is 4.90 Å². The van der Waals surface area contributed by atoms with Crippen LogP contribution in [0.1, 0.15) is 6.42 Å². The zero-order chi connectivity index (χ0) is 10.1. The van der Waals surface area contributed by atoms with Gasteiger partial charge in [0.2, 0.25) is 5.91 Å². The van der Waals surface area contributed by atoms with Crippen molar-refractivity contribution in [3.05, 3.63) is 0 Å². The molecule has 0 radical (unpaired) electrons. The summed E-state index contributed by atoms with van der Waals surface area (Å²) in [6.07, 6.45) is 1.06. The maximum absolute atomic E-state index is 11.5. The molecule has 2 unspecified atom stereocenters. The summed E-state index contributed by atoms with van der Waals surface area (Å²) < 4.78 is 0. The van der Waals surface area contributed by atoms with Gasteiger partial charge in [0.1, 0.15) is 5.88 Å². The predicted octanol–water partition coefficient (Wildman–Crippen LogP) is 0.651. The fourth-order valence-electron chi connectivity index (χ4n) is 1.87. The molecule has 2 bridgehead atoms. The minimum Gasteiger partial charge on any atom is -0.319 e. The minimum absolute atomic E-state index is 0.164. The van der Waals surface area contributed by atoms with E-state index in [1.165, 1.54) is 0 Å². The van der Waals surface area contributed by atoms with Crippen molar-refractivity contribution in [1.82, 2.24) is 10.2 Å². The first-order valence-corrected chi connectivity index (χ1v) is 6.07. The lowest BCUT2D eigenvalue weighted by Crippen LogP contribution is -2.47. The molecule has 4 nitrogen and oxygen atoms in total. The molecule has 3 amide bonds. The summed E-state index contributed by atoms with van der Waals surface area (Å²) in [5.74, 6) is 0.405. The Morgan fingerprint density at radius 2 is 2.36 bits per heavy atom. The Bertz CT molecular complexity index is 274. The van der Waals surface area contributed by atoms with Crippen molar-refractivity contribution in [2.24, 2.45) is 0 Å². The second-order valence-electron chi connectivity index (χ2n) is 3.48. The second kappa shape index (κ2) is 3.98. The molecule has 2 atom stereocenters. The number of rotatable bonds is 1. The first-order valence-electron chi connectivity index (χ1n) is 4.48. The van der Waals surface area contributed by atoms with Gasteiger partial charge in [-0.1, -0.05) is 0 Å². The second-order valence-corrected chi connectivity index (χ2v) is 5.08. The maximum Gasteiger partial charge on any atom is 0.324 e. The quantitative estimate of drug-likeness (QED) is 0.678. The van der Waals surface area contributed by atoms with Crippen molar-refractivity contribution in [1.29, 1.82) is 0 Å². The monoisotopic (exact) mass is 234 g/mol. The van der Waals surface area contributed by atoms with Crippen LogP contribution in [0.15, 0.2) is 0 Å². The first kappa shape index (κ1) is 10.1. The molecule has 2 aliphatic rings. The lowest BCUT2D eigenvalue weighted by Gasteiger charge is -2.26. The number of carbonyl (C=O) groups excluding carboxylic acids is 2. The molecule has 78 valence electrons. The molecule has 2 aliphatic heterocycles. The van der Waals surface area contributed by atoms with E-state index in [4.69, 9.17) is 11.6 Å². The van der Waals surface area contributed by atoms with Crippen LogP contribution < -0.4 is 5.32 Å². The molecule has 0 saturated carbocycles. The average molecular weight is 235 g/mol. The third-order valence-corrected chi connectivity index (χ3v) is 4.16. The van der Waals surface area contributed by atoms with Crippen molar-refractivity contribution < 1.29 is 9.59 Å². The number of imide groups is 1. The van der Waals surface area contributed by atoms with Crippen LogP contribution >= 0.6 is 23.4 Å². The number of alkyl halides is 1. The van der Waals surface area contributed by atoms with E-state index in [9.17, 15) is 9.59 Å². The summed E-state index contributed by atoms with van der Waals surface area (Å²) in [7, 11) is 0. The molecule has 2 rings (SSSR count). The molecular formula is C8H11ClN2O2S. The highest BCUT2D eigenvalue weighted by Gasteiger charge is 2.41. The summed E-state index contributed by atoms with van der Waals surface area (Å²) >= 11 is 7.20. The highest BCUT2D eigenvalue weighted by atomic mass is 35.5. The van der Waals surface area contributed by atoms with Gasteiger partial charge >= 0.3 is 6.03 Å². The van der Waals surface area contributed by atoms with E-state index in [-0.39, 0.29) is 11.9 Å². The van der Waals surface area contributed by atoms with Crippen LogP contribution in [0.2, 0.25) is 0 Å². The van der Waals surface area contributed by atoms with Crippen molar-refractivity contribution in [3.63, 3.8) is 0 Å². The molecule has 1 N–H and O–H groups in total. The van der Waals surface area contributed by atoms with Gasteiger partial charge in [0.15, 0.2) is 0 Å². The van der Waals surface area contributed by atoms with Gasteiger partial charge in [-0.25, -0.2) is 4.79 Å². The SMILES string of the molecule is O=C(CCl)NC(=O)N1CC2CC1CS2. The van der Waals surface area contributed by atoms with Gasteiger partial charge in [0.05, 0.1) is 0 Å². The number of halogens is 1. The number of carbonyl (C=O) groups is 2. The van der Waals surface area contributed by atoms with Crippen molar-refractivity contribution in [2.75, 3.05) is 18.2 Å².